The minimum atomic E-state index is -0.0439. The van der Waals surface area contributed by atoms with E-state index < -0.39 is 0 Å². The van der Waals surface area contributed by atoms with Crippen molar-refractivity contribution in [3.63, 3.8) is 0 Å². The maximum Gasteiger partial charge on any atom is 0.157 e. The van der Waals surface area contributed by atoms with Gasteiger partial charge in [-0.05, 0) is 43.5 Å². The summed E-state index contributed by atoms with van der Waals surface area (Å²) in [6.07, 6.45) is 3.27. The molecule has 0 N–H and O–H groups in total. The Morgan fingerprint density at radius 1 is 1.18 bits per heavy atom. The highest BCUT2D eigenvalue weighted by Crippen LogP contribution is 2.16. The van der Waals surface area contributed by atoms with E-state index in [9.17, 15) is 0 Å². The zero-order valence-corrected chi connectivity index (χ0v) is 10.5. The molecule has 1 heterocycles. The predicted octanol–water partition coefficient (Wildman–Crippen LogP) is 3.26. The maximum atomic E-state index is 5.78. The van der Waals surface area contributed by atoms with Gasteiger partial charge in [-0.25, -0.2) is 0 Å². The van der Waals surface area contributed by atoms with Crippen molar-refractivity contribution in [2.45, 2.75) is 25.6 Å². The molecule has 4 heteroatoms. The summed E-state index contributed by atoms with van der Waals surface area (Å²) in [7, 11) is 0. The van der Waals surface area contributed by atoms with Crippen molar-refractivity contribution in [3.05, 3.63) is 29.3 Å². The fourth-order valence-corrected chi connectivity index (χ4v) is 1.84. The van der Waals surface area contributed by atoms with Crippen molar-refractivity contribution in [2.24, 2.45) is 0 Å². The molecule has 1 aliphatic heterocycles. The van der Waals surface area contributed by atoms with Gasteiger partial charge in [-0.1, -0.05) is 11.6 Å². The van der Waals surface area contributed by atoms with Crippen LogP contribution in [0.1, 0.15) is 19.3 Å². The second-order valence-corrected chi connectivity index (χ2v) is 4.41. The van der Waals surface area contributed by atoms with Crippen molar-refractivity contribution < 1.29 is 14.2 Å². The topological polar surface area (TPSA) is 27.7 Å². The Kier molecular flexibility index (Phi) is 5.10. The van der Waals surface area contributed by atoms with E-state index in [-0.39, 0.29) is 6.29 Å². The van der Waals surface area contributed by atoms with E-state index in [0.29, 0.717) is 18.2 Å². The Balaban J connectivity index is 1.60. The monoisotopic (exact) mass is 256 g/mol. The van der Waals surface area contributed by atoms with E-state index in [0.717, 1.165) is 25.2 Å². The van der Waals surface area contributed by atoms with Gasteiger partial charge in [0, 0.05) is 11.6 Å². The molecule has 1 fully saturated rings. The quantitative estimate of drug-likeness (QED) is 0.757. The van der Waals surface area contributed by atoms with Gasteiger partial charge in [0.2, 0.25) is 0 Å². The average Bonchev–Trinajstić information content (AvgIpc) is 2.38. The van der Waals surface area contributed by atoms with Gasteiger partial charge < -0.3 is 14.2 Å². The number of rotatable bonds is 5. The molecule has 17 heavy (non-hydrogen) atoms. The highest BCUT2D eigenvalue weighted by atomic mass is 35.5. The fraction of sp³-hybridized carbons (Fsp3) is 0.538. The average molecular weight is 257 g/mol. The molecule has 1 aromatic carbocycles. The van der Waals surface area contributed by atoms with Gasteiger partial charge in [-0.3, -0.25) is 0 Å². The van der Waals surface area contributed by atoms with E-state index in [1.165, 1.54) is 6.42 Å². The fourth-order valence-electron chi connectivity index (χ4n) is 1.71. The summed E-state index contributed by atoms with van der Waals surface area (Å²) in [5.74, 6) is 0.808. The Morgan fingerprint density at radius 3 is 2.71 bits per heavy atom. The smallest absolute Gasteiger partial charge is 0.157 e. The number of halogens is 1. The van der Waals surface area contributed by atoms with Crippen LogP contribution in [0.15, 0.2) is 24.3 Å². The highest BCUT2D eigenvalue weighted by Gasteiger charge is 2.13. The van der Waals surface area contributed by atoms with E-state index in [1.807, 2.05) is 24.3 Å². The summed E-state index contributed by atoms with van der Waals surface area (Å²) < 4.78 is 16.5. The van der Waals surface area contributed by atoms with Crippen LogP contribution in [0.3, 0.4) is 0 Å². The van der Waals surface area contributed by atoms with Crippen LogP contribution < -0.4 is 4.74 Å². The van der Waals surface area contributed by atoms with Gasteiger partial charge in [0.1, 0.15) is 12.4 Å². The maximum absolute atomic E-state index is 5.78. The van der Waals surface area contributed by atoms with E-state index in [2.05, 4.69) is 0 Å². The molecule has 0 bridgehead atoms. The first kappa shape index (κ1) is 12.7. The number of benzene rings is 1. The first-order valence-electron chi connectivity index (χ1n) is 5.96. The van der Waals surface area contributed by atoms with Crippen molar-refractivity contribution in [1.29, 1.82) is 0 Å². The molecule has 1 atom stereocenters. The Labute approximate surface area is 107 Å². The van der Waals surface area contributed by atoms with E-state index in [4.69, 9.17) is 25.8 Å². The van der Waals surface area contributed by atoms with Crippen molar-refractivity contribution in [2.75, 3.05) is 19.8 Å². The van der Waals surface area contributed by atoms with E-state index >= 15 is 0 Å². The van der Waals surface area contributed by atoms with Crippen molar-refractivity contribution >= 4 is 11.6 Å². The number of ether oxygens (including phenoxy) is 3. The first-order chi connectivity index (χ1) is 8.34. The van der Waals surface area contributed by atoms with Crippen molar-refractivity contribution in [3.8, 4) is 5.75 Å². The molecule has 1 saturated heterocycles. The highest BCUT2D eigenvalue weighted by molar-refractivity contribution is 6.30. The molecule has 0 aliphatic carbocycles. The second kappa shape index (κ2) is 6.84. The van der Waals surface area contributed by atoms with Crippen LogP contribution in [0.2, 0.25) is 5.02 Å². The van der Waals surface area contributed by atoms with Crippen LogP contribution in [0.4, 0.5) is 0 Å². The standard InChI is InChI=1S/C13H17ClO3/c14-11-4-6-12(7-5-11)15-9-10-17-13-3-1-2-8-16-13/h4-7,13H,1-3,8-10H2/t13-/m1/s1. The molecule has 0 aromatic heterocycles. The second-order valence-electron chi connectivity index (χ2n) is 3.97. The normalized spacial score (nSPS) is 20.2. The lowest BCUT2D eigenvalue weighted by molar-refractivity contribution is -0.165. The van der Waals surface area contributed by atoms with Crippen LogP contribution in [0.25, 0.3) is 0 Å². The predicted molar refractivity (Wildman–Crippen MR) is 66.5 cm³/mol. The van der Waals surface area contributed by atoms with Crippen molar-refractivity contribution in [1.82, 2.24) is 0 Å². The summed E-state index contributed by atoms with van der Waals surface area (Å²) in [4.78, 5) is 0. The van der Waals surface area contributed by atoms with Crippen LogP contribution >= 0.6 is 11.6 Å². The molecule has 1 aromatic rings. The number of hydrogen-bond donors (Lipinski definition) is 0. The lowest BCUT2D eigenvalue weighted by Crippen LogP contribution is -2.24. The zero-order chi connectivity index (χ0) is 11.9. The Hall–Kier alpha value is -0.770. The molecular weight excluding hydrogens is 240 g/mol. The number of hydrogen-bond acceptors (Lipinski definition) is 3. The molecule has 0 spiro atoms. The summed E-state index contributed by atoms with van der Waals surface area (Å²) in [5.41, 5.74) is 0. The van der Waals surface area contributed by atoms with E-state index in [1.54, 1.807) is 0 Å². The van der Waals surface area contributed by atoms with Crippen LogP contribution in [-0.4, -0.2) is 26.1 Å². The summed E-state index contributed by atoms with van der Waals surface area (Å²) >= 11 is 5.78. The summed E-state index contributed by atoms with van der Waals surface area (Å²) in [6, 6.07) is 7.31. The van der Waals surface area contributed by atoms with Gasteiger partial charge in [-0.2, -0.15) is 0 Å². The summed E-state index contributed by atoms with van der Waals surface area (Å²) in [5, 5.41) is 0.712. The molecule has 0 saturated carbocycles. The van der Waals surface area contributed by atoms with Gasteiger partial charge in [0.25, 0.3) is 0 Å². The Morgan fingerprint density at radius 2 is 2.00 bits per heavy atom. The SMILES string of the molecule is Clc1ccc(OCCO[C@@H]2CCCCO2)cc1. The first-order valence-corrected chi connectivity index (χ1v) is 6.34. The van der Waals surface area contributed by atoms with Gasteiger partial charge >= 0.3 is 0 Å². The summed E-state index contributed by atoms with van der Waals surface area (Å²) in [6.45, 7) is 1.89. The molecule has 3 nitrogen and oxygen atoms in total. The minimum absolute atomic E-state index is 0.0439. The van der Waals surface area contributed by atoms with Crippen LogP contribution in [0.5, 0.6) is 5.75 Å². The van der Waals surface area contributed by atoms with Gasteiger partial charge in [-0.15, -0.1) is 0 Å². The van der Waals surface area contributed by atoms with Gasteiger partial charge in [0.05, 0.1) is 6.61 Å². The van der Waals surface area contributed by atoms with Crippen LogP contribution in [0, 0.1) is 0 Å². The molecule has 1 aliphatic rings. The molecule has 94 valence electrons. The molecule has 0 radical (unpaired) electrons. The lowest BCUT2D eigenvalue weighted by Gasteiger charge is -2.22. The van der Waals surface area contributed by atoms with Crippen LogP contribution in [-0.2, 0) is 9.47 Å². The third-order valence-corrected chi connectivity index (χ3v) is 2.86. The van der Waals surface area contributed by atoms with Gasteiger partial charge in [0.15, 0.2) is 6.29 Å². The molecule has 0 amide bonds. The molecule has 2 rings (SSSR count). The Bertz CT molecular complexity index is 320. The molecular formula is C13H17ClO3. The third-order valence-electron chi connectivity index (χ3n) is 2.61. The minimum Gasteiger partial charge on any atom is -0.491 e. The molecule has 0 unspecified atom stereocenters. The largest absolute Gasteiger partial charge is 0.491 e. The zero-order valence-electron chi connectivity index (χ0n) is 9.73. The lowest BCUT2D eigenvalue weighted by atomic mass is 10.2. The third kappa shape index (κ3) is 4.54.